The third-order valence-electron chi connectivity index (χ3n) is 2.71. The lowest BCUT2D eigenvalue weighted by atomic mass is 10.0. The van der Waals surface area contributed by atoms with Crippen LogP contribution in [0.1, 0.15) is 37.9 Å². The summed E-state index contributed by atoms with van der Waals surface area (Å²) >= 11 is 0. The molecule has 0 aliphatic carbocycles. The summed E-state index contributed by atoms with van der Waals surface area (Å²) in [6, 6.07) is 0. The number of hydrogen-bond acceptors (Lipinski definition) is 5. The zero-order valence-electron chi connectivity index (χ0n) is 8.90. The molecular formula is C10H16N2O3. The Morgan fingerprint density at radius 1 is 1.53 bits per heavy atom. The molecule has 84 valence electrons. The SMILES string of the molecule is CC1(c2noc(CCCO)n2)CCCO1. The van der Waals surface area contributed by atoms with E-state index in [-0.39, 0.29) is 12.2 Å². The summed E-state index contributed by atoms with van der Waals surface area (Å²) in [6.07, 6.45) is 3.25. The molecule has 1 aliphatic rings. The first kappa shape index (κ1) is 10.6. The minimum Gasteiger partial charge on any atom is -0.396 e. The van der Waals surface area contributed by atoms with Crippen molar-refractivity contribution in [1.29, 1.82) is 0 Å². The molecule has 0 amide bonds. The van der Waals surface area contributed by atoms with E-state index in [0.717, 1.165) is 19.4 Å². The quantitative estimate of drug-likeness (QED) is 0.807. The van der Waals surface area contributed by atoms with Crippen molar-refractivity contribution in [2.24, 2.45) is 0 Å². The Kier molecular flexibility index (Phi) is 3.02. The molecule has 0 aromatic carbocycles. The number of aliphatic hydroxyl groups excluding tert-OH is 1. The van der Waals surface area contributed by atoms with Gasteiger partial charge in [0, 0.05) is 19.6 Å². The molecule has 2 rings (SSSR count). The van der Waals surface area contributed by atoms with E-state index in [4.69, 9.17) is 14.4 Å². The van der Waals surface area contributed by atoms with Gasteiger partial charge in [0.25, 0.3) is 0 Å². The molecule has 1 saturated heterocycles. The molecule has 5 nitrogen and oxygen atoms in total. The molecule has 1 atom stereocenters. The summed E-state index contributed by atoms with van der Waals surface area (Å²) in [5, 5.41) is 12.6. The Morgan fingerprint density at radius 3 is 3.07 bits per heavy atom. The maximum Gasteiger partial charge on any atom is 0.226 e. The third kappa shape index (κ3) is 2.18. The highest BCUT2D eigenvalue weighted by Gasteiger charge is 2.36. The van der Waals surface area contributed by atoms with E-state index in [1.807, 2.05) is 6.92 Å². The molecule has 0 saturated carbocycles. The smallest absolute Gasteiger partial charge is 0.226 e. The van der Waals surface area contributed by atoms with E-state index in [1.54, 1.807) is 0 Å². The van der Waals surface area contributed by atoms with Gasteiger partial charge in [0.05, 0.1) is 0 Å². The van der Waals surface area contributed by atoms with Gasteiger partial charge in [0.15, 0.2) is 0 Å². The Morgan fingerprint density at radius 2 is 2.40 bits per heavy atom. The fraction of sp³-hybridized carbons (Fsp3) is 0.800. The van der Waals surface area contributed by atoms with Crippen LogP contribution in [0.4, 0.5) is 0 Å². The van der Waals surface area contributed by atoms with Crippen molar-refractivity contribution < 1.29 is 14.4 Å². The van der Waals surface area contributed by atoms with Gasteiger partial charge in [-0.05, 0) is 26.2 Å². The van der Waals surface area contributed by atoms with Crippen molar-refractivity contribution in [3.8, 4) is 0 Å². The van der Waals surface area contributed by atoms with Crippen molar-refractivity contribution in [1.82, 2.24) is 10.1 Å². The summed E-state index contributed by atoms with van der Waals surface area (Å²) in [7, 11) is 0. The van der Waals surface area contributed by atoms with Crippen molar-refractivity contribution >= 4 is 0 Å². The lowest BCUT2D eigenvalue weighted by Crippen LogP contribution is -2.21. The molecule has 15 heavy (non-hydrogen) atoms. The van der Waals surface area contributed by atoms with E-state index < -0.39 is 0 Å². The first-order chi connectivity index (χ1) is 7.24. The van der Waals surface area contributed by atoms with E-state index >= 15 is 0 Å². The average Bonchev–Trinajstić information content (AvgIpc) is 2.84. The van der Waals surface area contributed by atoms with Crippen LogP contribution in [-0.2, 0) is 16.8 Å². The number of aliphatic hydroxyl groups is 1. The lowest BCUT2D eigenvalue weighted by molar-refractivity contribution is 0.00768. The summed E-state index contributed by atoms with van der Waals surface area (Å²) in [5.41, 5.74) is -0.374. The summed E-state index contributed by atoms with van der Waals surface area (Å²) < 4.78 is 10.7. The zero-order chi connectivity index (χ0) is 10.7. The molecule has 0 radical (unpaired) electrons. The standard InChI is InChI=1S/C10H16N2O3/c1-10(5-3-7-14-10)9-11-8(15-12-9)4-2-6-13/h13H,2-7H2,1H3. The average molecular weight is 212 g/mol. The molecular weight excluding hydrogens is 196 g/mol. The van der Waals surface area contributed by atoms with Gasteiger partial charge in [-0.3, -0.25) is 0 Å². The first-order valence-corrected chi connectivity index (χ1v) is 5.32. The van der Waals surface area contributed by atoms with Crippen molar-refractivity contribution in [2.75, 3.05) is 13.2 Å². The molecule has 5 heteroatoms. The third-order valence-corrected chi connectivity index (χ3v) is 2.71. The van der Waals surface area contributed by atoms with Gasteiger partial charge in [-0.2, -0.15) is 4.98 Å². The second-order valence-electron chi connectivity index (χ2n) is 4.02. The summed E-state index contributed by atoms with van der Waals surface area (Å²) in [4.78, 5) is 4.29. The number of rotatable bonds is 4. The van der Waals surface area contributed by atoms with E-state index in [2.05, 4.69) is 10.1 Å². The van der Waals surface area contributed by atoms with Gasteiger partial charge in [0.2, 0.25) is 11.7 Å². The van der Waals surface area contributed by atoms with Crippen LogP contribution >= 0.6 is 0 Å². The fourth-order valence-corrected chi connectivity index (χ4v) is 1.76. The van der Waals surface area contributed by atoms with Crippen LogP contribution in [0.5, 0.6) is 0 Å². The van der Waals surface area contributed by atoms with Crippen LogP contribution in [0.2, 0.25) is 0 Å². The molecule has 0 bridgehead atoms. The normalized spacial score (nSPS) is 26.0. The van der Waals surface area contributed by atoms with E-state index in [1.165, 1.54) is 0 Å². The number of nitrogens with zero attached hydrogens (tertiary/aromatic N) is 2. The largest absolute Gasteiger partial charge is 0.396 e. The predicted molar refractivity (Wildman–Crippen MR) is 52.2 cm³/mol. The molecule has 1 aliphatic heterocycles. The fourth-order valence-electron chi connectivity index (χ4n) is 1.76. The Balaban J connectivity index is 2.05. The topological polar surface area (TPSA) is 68.4 Å². The first-order valence-electron chi connectivity index (χ1n) is 5.32. The highest BCUT2D eigenvalue weighted by atomic mass is 16.5. The number of aromatic nitrogens is 2. The summed E-state index contributed by atoms with van der Waals surface area (Å²) in [5.74, 6) is 1.21. The van der Waals surface area contributed by atoms with Crippen molar-refractivity contribution in [3.63, 3.8) is 0 Å². The Hall–Kier alpha value is -0.940. The monoisotopic (exact) mass is 212 g/mol. The highest BCUT2D eigenvalue weighted by molar-refractivity contribution is 5.01. The molecule has 1 N–H and O–H groups in total. The van der Waals surface area contributed by atoms with Crippen LogP contribution in [0.25, 0.3) is 0 Å². The van der Waals surface area contributed by atoms with Crippen molar-refractivity contribution in [3.05, 3.63) is 11.7 Å². The Bertz CT molecular complexity index is 318. The van der Waals surface area contributed by atoms with E-state index in [0.29, 0.717) is 24.6 Å². The predicted octanol–water partition coefficient (Wildman–Crippen LogP) is 1.02. The Labute approximate surface area is 88.4 Å². The van der Waals surface area contributed by atoms with Gasteiger partial charge < -0.3 is 14.4 Å². The zero-order valence-corrected chi connectivity index (χ0v) is 8.90. The minimum absolute atomic E-state index is 0.144. The molecule has 0 spiro atoms. The van der Waals surface area contributed by atoms with Gasteiger partial charge in [-0.1, -0.05) is 5.16 Å². The van der Waals surface area contributed by atoms with Gasteiger partial charge >= 0.3 is 0 Å². The van der Waals surface area contributed by atoms with Gasteiger partial charge in [-0.15, -0.1) is 0 Å². The van der Waals surface area contributed by atoms with Crippen molar-refractivity contribution in [2.45, 2.75) is 38.2 Å². The van der Waals surface area contributed by atoms with Crippen LogP contribution in [0.15, 0.2) is 4.52 Å². The second kappa shape index (κ2) is 4.28. The molecule has 1 unspecified atom stereocenters. The lowest BCUT2D eigenvalue weighted by Gasteiger charge is -2.17. The van der Waals surface area contributed by atoms with Crippen LogP contribution < -0.4 is 0 Å². The van der Waals surface area contributed by atoms with Crippen LogP contribution in [0, 0.1) is 0 Å². The highest BCUT2D eigenvalue weighted by Crippen LogP contribution is 2.33. The maximum absolute atomic E-state index is 8.68. The van der Waals surface area contributed by atoms with Gasteiger partial charge in [0.1, 0.15) is 5.60 Å². The second-order valence-corrected chi connectivity index (χ2v) is 4.02. The molecule has 2 heterocycles. The van der Waals surface area contributed by atoms with Crippen LogP contribution in [0.3, 0.4) is 0 Å². The van der Waals surface area contributed by atoms with Crippen LogP contribution in [-0.4, -0.2) is 28.5 Å². The number of aryl methyl sites for hydroxylation is 1. The van der Waals surface area contributed by atoms with Gasteiger partial charge in [-0.25, -0.2) is 0 Å². The summed E-state index contributed by atoms with van der Waals surface area (Å²) in [6.45, 7) is 2.89. The molecule has 1 aromatic heterocycles. The number of hydrogen-bond donors (Lipinski definition) is 1. The molecule has 1 fully saturated rings. The minimum atomic E-state index is -0.374. The van der Waals surface area contributed by atoms with E-state index in [9.17, 15) is 0 Å². The molecule has 1 aromatic rings. The number of ether oxygens (including phenoxy) is 1. The maximum atomic E-state index is 8.68.